The van der Waals surface area contributed by atoms with Crippen molar-refractivity contribution in [3.8, 4) is 0 Å². The number of likely N-dealkylation sites (N-methyl/N-ethyl adjacent to an activating group) is 1. The quantitative estimate of drug-likeness (QED) is 0.569. The first-order valence-electron chi connectivity index (χ1n) is 10.7. The lowest BCUT2D eigenvalue weighted by Gasteiger charge is -2.33. The number of anilines is 1. The topological polar surface area (TPSA) is 55.8 Å². The molecule has 1 saturated carbocycles. The first-order valence-corrected chi connectivity index (χ1v) is 10.7. The Balaban J connectivity index is 1.43. The molecule has 2 N–H and O–H groups in total. The van der Waals surface area contributed by atoms with Gasteiger partial charge in [-0.2, -0.15) is 0 Å². The molecule has 1 aromatic heterocycles. The SMILES string of the molecule is CCNC(=NCCN(C)C1CCCC1)NC1CCN(c2ccccn2)CC1. The first kappa shape index (κ1) is 19.9. The lowest BCUT2D eigenvalue weighted by Crippen LogP contribution is -2.49. The fourth-order valence-corrected chi connectivity index (χ4v) is 4.15. The Hall–Kier alpha value is -1.82. The molecule has 150 valence electrons. The molecule has 2 fully saturated rings. The zero-order valence-corrected chi connectivity index (χ0v) is 17.0. The van der Waals surface area contributed by atoms with Gasteiger partial charge in [-0.05, 0) is 51.8 Å². The van der Waals surface area contributed by atoms with Gasteiger partial charge in [-0.25, -0.2) is 4.98 Å². The Bertz CT molecular complexity index is 561. The third kappa shape index (κ3) is 6.09. The number of aromatic nitrogens is 1. The molecule has 0 spiro atoms. The van der Waals surface area contributed by atoms with Gasteiger partial charge in [0.25, 0.3) is 0 Å². The zero-order valence-electron chi connectivity index (χ0n) is 17.0. The van der Waals surface area contributed by atoms with Crippen LogP contribution >= 0.6 is 0 Å². The van der Waals surface area contributed by atoms with Crippen molar-refractivity contribution in [3.05, 3.63) is 24.4 Å². The molecule has 1 aliphatic carbocycles. The molecular formula is C21H36N6. The number of nitrogens with zero attached hydrogens (tertiary/aromatic N) is 4. The summed E-state index contributed by atoms with van der Waals surface area (Å²) in [5.41, 5.74) is 0. The van der Waals surface area contributed by atoms with Crippen molar-refractivity contribution < 1.29 is 0 Å². The van der Waals surface area contributed by atoms with Crippen LogP contribution in [0.2, 0.25) is 0 Å². The average molecular weight is 373 g/mol. The first-order chi connectivity index (χ1) is 13.3. The van der Waals surface area contributed by atoms with E-state index < -0.39 is 0 Å². The van der Waals surface area contributed by atoms with Crippen LogP contribution < -0.4 is 15.5 Å². The van der Waals surface area contributed by atoms with E-state index in [2.05, 4.69) is 51.5 Å². The summed E-state index contributed by atoms with van der Waals surface area (Å²) < 4.78 is 0. The second-order valence-corrected chi connectivity index (χ2v) is 7.77. The molecule has 2 heterocycles. The van der Waals surface area contributed by atoms with Gasteiger partial charge in [-0.15, -0.1) is 0 Å². The average Bonchev–Trinajstić information content (AvgIpc) is 3.24. The molecule has 3 rings (SSSR count). The summed E-state index contributed by atoms with van der Waals surface area (Å²) in [6.07, 6.45) is 9.59. The Morgan fingerprint density at radius 3 is 2.67 bits per heavy atom. The summed E-state index contributed by atoms with van der Waals surface area (Å²) in [5, 5.41) is 7.06. The van der Waals surface area contributed by atoms with Gasteiger partial charge in [-0.1, -0.05) is 18.9 Å². The van der Waals surface area contributed by atoms with Crippen molar-refractivity contribution in [2.24, 2.45) is 4.99 Å². The molecule has 6 nitrogen and oxygen atoms in total. The van der Waals surface area contributed by atoms with Crippen LogP contribution in [0.5, 0.6) is 0 Å². The van der Waals surface area contributed by atoms with Crippen LogP contribution in [0.3, 0.4) is 0 Å². The van der Waals surface area contributed by atoms with Gasteiger partial charge < -0.3 is 20.4 Å². The molecule has 0 radical (unpaired) electrons. The lowest BCUT2D eigenvalue weighted by molar-refractivity contribution is 0.252. The number of nitrogens with one attached hydrogen (secondary N) is 2. The molecule has 27 heavy (non-hydrogen) atoms. The highest BCUT2D eigenvalue weighted by Gasteiger charge is 2.21. The largest absolute Gasteiger partial charge is 0.357 e. The number of hydrogen-bond acceptors (Lipinski definition) is 4. The second-order valence-electron chi connectivity index (χ2n) is 7.77. The smallest absolute Gasteiger partial charge is 0.191 e. The number of piperidine rings is 1. The Labute approximate surface area is 164 Å². The van der Waals surface area contributed by atoms with E-state index >= 15 is 0 Å². The number of rotatable bonds is 7. The second kappa shape index (κ2) is 10.5. The van der Waals surface area contributed by atoms with E-state index in [4.69, 9.17) is 4.99 Å². The summed E-state index contributed by atoms with van der Waals surface area (Å²) in [7, 11) is 2.25. The van der Waals surface area contributed by atoms with Crippen molar-refractivity contribution in [3.63, 3.8) is 0 Å². The standard InChI is InChI=1S/C21H36N6/c1-3-22-21(24-14-17-26(2)19-8-4-5-9-19)25-18-11-15-27(16-12-18)20-10-6-7-13-23-20/h6-7,10,13,18-19H,3-5,8-9,11-12,14-17H2,1-2H3,(H2,22,24,25). The minimum atomic E-state index is 0.482. The molecule has 1 saturated heterocycles. The van der Waals surface area contributed by atoms with Crippen LogP contribution in [0.15, 0.2) is 29.4 Å². The third-order valence-corrected chi connectivity index (χ3v) is 5.82. The van der Waals surface area contributed by atoms with Gasteiger partial charge >= 0.3 is 0 Å². The van der Waals surface area contributed by atoms with E-state index in [1.807, 2.05) is 12.3 Å². The molecule has 0 unspecified atom stereocenters. The molecular weight excluding hydrogens is 336 g/mol. The van der Waals surface area contributed by atoms with Crippen LogP contribution in [0.1, 0.15) is 45.4 Å². The molecule has 0 atom stereocenters. The molecule has 2 aliphatic rings. The summed E-state index contributed by atoms with van der Waals surface area (Å²) in [5.74, 6) is 2.06. The molecule has 0 bridgehead atoms. The van der Waals surface area contributed by atoms with Crippen molar-refractivity contribution in [2.75, 3.05) is 44.7 Å². The highest BCUT2D eigenvalue weighted by Crippen LogP contribution is 2.22. The van der Waals surface area contributed by atoms with Crippen LogP contribution in [-0.4, -0.2) is 67.7 Å². The molecule has 6 heteroatoms. The van der Waals surface area contributed by atoms with E-state index in [0.29, 0.717) is 6.04 Å². The lowest BCUT2D eigenvalue weighted by atomic mass is 10.1. The number of pyridine rings is 1. The van der Waals surface area contributed by atoms with E-state index in [0.717, 1.165) is 63.4 Å². The van der Waals surface area contributed by atoms with Gasteiger partial charge in [0.2, 0.25) is 0 Å². The molecule has 1 aliphatic heterocycles. The fraction of sp³-hybridized carbons (Fsp3) is 0.714. The summed E-state index contributed by atoms with van der Waals surface area (Å²) in [4.78, 5) is 14.2. The van der Waals surface area contributed by atoms with Gasteiger partial charge in [0.15, 0.2) is 5.96 Å². The van der Waals surface area contributed by atoms with E-state index in [-0.39, 0.29) is 0 Å². The highest BCUT2D eigenvalue weighted by molar-refractivity contribution is 5.80. The number of aliphatic imine (C=N–C) groups is 1. The van der Waals surface area contributed by atoms with Gasteiger partial charge in [0.1, 0.15) is 5.82 Å². The normalized spacial score (nSPS) is 19.7. The van der Waals surface area contributed by atoms with E-state index in [1.165, 1.54) is 25.7 Å². The maximum absolute atomic E-state index is 4.82. The number of hydrogen-bond donors (Lipinski definition) is 2. The third-order valence-electron chi connectivity index (χ3n) is 5.82. The van der Waals surface area contributed by atoms with Crippen molar-refractivity contribution in [1.82, 2.24) is 20.5 Å². The van der Waals surface area contributed by atoms with E-state index in [1.54, 1.807) is 0 Å². The fourth-order valence-electron chi connectivity index (χ4n) is 4.15. The summed E-state index contributed by atoms with van der Waals surface area (Å²) in [6, 6.07) is 7.38. The van der Waals surface area contributed by atoms with Gasteiger partial charge in [0, 0.05) is 44.5 Å². The Kier molecular flexibility index (Phi) is 7.75. The Morgan fingerprint density at radius 1 is 1.22 bits per heavy atom. The highest BCUT2D eigenvalue weighted by atomic mass is 15.2. The van der Waals surface area contributed by atoms with E-state index in [9.17, 15) is 0 Å². The summed E-state index contributed by atoms with van der Waals surface area (Å²) in [6.45, 7) is 7.01. The van der Waals surface area contributed by atoms with Crippen molar-refractivity contribution in [1.29, 1.82) is 0 Å². The predicted molar refractivity (Wildman–Crippen MR) is 113 cm³/mol. The maximum atomic E-state index is 4.82. The zero-order chi connectivity index (χ0) is 18.9. The predicted octanol–water partition coefficient (Wildman–Crippen LogP) is 2.48. The molecule has 0 amide bonds. The van der Waals surface area contributed by atoms with Crippen molar-refractivity contribution >= 4 is 11.8 Å². The minimum Gasteiger partial charge on any atom is -0.357 e. The monoisotopic (exact) mass is 372 g/mol. The van der Waals surface area contributed by atoms with Gasteiger partial charge in [-0.3, -0.25) is 4.99 Å². The minimum absolute atomic E-state index is 0.482. The maximum Gasteiger partial charge on any atom is 0.191 e. The summed E-state index contributed by atoms with van der Waals surface area (Å²) >= 11 is 0. The van der Waals surface area contributed by atoms with Gasteiger partial charge in [0.05, 0.1) is 6.54 Å². The number of guanidine groups is 1. The van der Waals surface area contributed by atoms with Crippen LogP contribution in [-0.2, 0) is 0 Å². The van der Waals surface area contributed by atoms with Crippen molar-refractivity contribution in [2.45, 2.75) is 57.5 Å². The molecule has 0 aromatic carbocycles. The molecule has 1 aromatic rings. The van der Waals surface area contributed by atoms with Crippen LogP contribution in [0.25, 0.3) is 0 Å². The van der Waals surface area contributed by atoms with Crippen LogP contribution in [0.4, 0.5) is 5.82 Å². The Morgan fingerprint density at radius 2 is 2.00 bits per heavy atom. The van der Waals surface area contributed by atoms with Crippen LogP contribution in [0, 0.1) is 0 Å².